The molecular weight excluding hydrogens is 264 g/mol. The van der Waals surface area contributed by atoms with Gasteiger partial charge in [0.25, 0.3) is 0 Å². The first kappa shape index (κ1) is 16.3. The smallest absolute Gasteiger partial charge is 0.335 e. The number of fused-ring (bicyclic) bond motifs is 2. The Kier molecular flexibility index (Phi) is 4.34. The lowest BCUT2D eigenvalue weighted by Gasteiger charge is -2.39. The highest BCUT2D eigenvalue weighted by atomic mass is 16.7. The monoisotopic (exact) mass is 292 g/mol. The van der Waals surface area contributed by atoms with E-state index in [2.05, 4.69) is 33.9 Å². The summed E-state index contributed by atoms with van der Waals surface area (Å²) in [5.74, 6) is 0.614. The molecule has 0 amide bonds. The third kappa shape index (κ3) is 2.68. The molecule has 118 valence electrons. The maximum atomic E-state index is 12.2. The standard InChI is InChI=1S/C18H28O3/c1-12(2)10-20-11-21-16(19)13(3)15-9-14-7-8-18(15,6)17(14,4)5/h14-15H,1,3,7-11H2,2,4-6H3. The number of carbonyl (C=O) groups is 1. The Balaban J connectivity index is 1.92. The van der Waals surface area contributed by atoms with Crippen molar-refractivity contribution in [1.29, 1.82) is 0 Å². The quantitative estimate of drug-likeness (QED) is 0.243. The summed E-state index contributed by atoms with van der Waals surface area (Å²) in [4.78, 5) is 12.2. The zero-order chi connectivity index (χ0) is 15.8. The fourth-order valence-corrected chi connectivity index (χ4v) is 4.28. The van der Waals surface area contributed by atoms with Gasteiger partial charge in [0.2, 0.25) is 0 Å². The second-order valence-corrected chi connectivity index (χ2v) is 7.54. The number of rotatable bonds is 6. The lowest BCUT2D eigenvalue weighted by molar-refractivity contribution is -0.152. The van der Waals surface area contributed by atoms with Gasteiger partial charge in [-0.25, -0.2) is 4.79 Å². The maximum Gasteiger partial charge on any atom is 0.335 e. The van der Waals surface area contributed by atoms with Crippen LogP contribution in [-0.2, 0) is 14.3 Å². The second kappa shape index (κ2) is 5.60. The van der Waals surface area contributed by atoms with Crippen LogP contribution in [0.15, 0.2) is 24.3 Å². The fraction of sp³-hybridized carbons (Fsp3) is 0.722. The van der Waals surface area contributed by atoms with E-state index >= 15 is 0 Å². The van der Waals surface area contributed by atoms with Crippen molar-refractivity contribution in [3.05, 3.63) is 24.3 Å². The predicted molar refractivity (Wildman–Crippen MR) is 83.6 cm³/mol. The molecule has 2 saturated carbocycles. The van der Waals surface area contributed by atoms with Crippen molar-refractivity contribution in [2.45, 2.75) is 47.0 Å². The van der Waals surface area contributed by atoms with Crippen molar-refractivity contribution >= 4 is 5.97 Å². The Morgan fingerprint density at radius 1 is 1.29 bits per heavy atom. The van der Waals surface area contributed by atoms with Gasteiger partial charge in [-0.3, -0.25) is 0 Å². The van der Waals surface area contributed by atoms with Crippen molar-refractivity contribution in [3.8, 4) is 0 Å². The van der Waals surface area contributed by atoms with Gasteiger partial charge in [-0.2, -0.15) is 0 Å². The molecule has 0 aromatic rings. The molecule has 3 nitrogen and oxygen atoms in total. The van der Waals surface area contributed by atoms with E-state index in [1.165, 1.54) is 12.8 Å². The van der Waals surface area contributed by atoms with E-state index in [-0.39, 0.29) is 29.5 Å². The van der Waals surface area contributed by atoms with Crippen LogP contribution in [0.3, 0.4) is 0 Å². The minimum absolute atomic E-state index is 0.0268. The van der Waals surface area contributed by atoms with Crippen LogP contribution in [0, 0.1) is 22.7 Å². The molecular formula is C18H28O3. The number of carbonyl (C=O) groups excluding carboxylic acids is 1. The molecule has 3 heteroatoms. The molecule has 0 saturated heterocycles. The molecule has 0 heterocycles. The Hall–Kier alpha value is -1.09. The van der Waals surface area contributed by atoms with Crippen molar-refractivity contribution in [3.63, 3.8) is 0 Å². The van der Waals surface area contributed by atoms with Crippen LogP contribution in [-0.4, -0.2) is 19.4 Å². The highest BCUT2D eigenvalue weighted by Gasteiger charge is 2.62. The molecule has 0 spiro atoms. The third-order valence-corrected chi connectivity index (χ3v) is 6.10. The summed E-state index contributed by atoms with van der Waals surface area (Å²) < 4.78 is 10.4. The molecule has 2 aliphatic rings. The van der Waals surface area contributed by atoms with Crippen LogP contribution in [0.1, 0.15) is 47.0 Å². The van der Waals surface area contributed by atoms with E-state index in [1.54, 1.807) is 0 Å². The Morgan fingerprint density at radius 2 is 1.95 bits per heavy atom. The van der Waals surface area contributed by atoms with Crippen LogP contribution < -0.4 is 0 Å². The van der Waals surface area contributed by atoms with Crippen LogP contribution in [0.2, 0.25) is 0 Å². The molecule has 2 bridgehead atoms. The van der Waals surface area contributed by atoms with Crippen LogP contribution in [0.5, 0.6) is 0 Å². The molecule has 0 radical (unpaired) electrons. The lowest BCUT2D eigenvalue weighted by atomic mass is 9.65. The fourth-order valence-electron chi connectivity index (χ4n) is 4.28. The van der Waals surface area contributed by atoms with Gasteiger partial charge in [-0.1, -0.05) is 39.5 Å². The van der Waals surface area contributed by atoms with Gasteiger partial charge in [0, 0.05) is 5.57 Å². The summed E-state index contributed by atoms with van der Waals surface area (Å²) >= 11 is 0. The average molecular weight is 292 g/mol. The Labute approximate surface area is 128 Å². The molecule has 0 aromatic carbocycles. The zero-order valence-electron chi connectivity index (χ0n) is 13.8. The van der Waals surface area contributed by atoms with Crippen molar-refractivity contribution < 1.29 is 14.3 Å². The third-order valence-electron chi connectivity index (χ3n) is 6.10. The van der Waals surface area contributed by atoms with Gasteiger partial charge in [0.05, 0.1) is 6.61 Å². The second-order valence-electron chi connectivity index (χ2n) is 7.54. The lowest BCUT2D eigenvalue weighted by Crippen LogP contribution is -2.34. The molecule has 0 aromatic heterocycles. The van der Waals surface area contributed by atoms with E-state index in [9.17, 15) is 4.79 Å². The normalized spacial score (nSPS) is 33.0. The summed E-state index contributed by atoms with van der Waals surface area (Å²) in [6.07, 6.45) is 3.50. The van der Waals surface area contributed by atoms with Crippen molar-refractivity contribution in [2.24, 2.45) is 22.7 Å². The van der Waals surface area contributed by atoms with Gasteiger partial charge in [-0.05, 0) is 48.9 Å². The van der Waals surface area contributed by atoms with Crippen LogP contribution >= 0.6 is 0 Å². The molecule has 3 unspecified atom stereocenters. The summed E-state index contributed by atoms with van der Waals surface area (Å²) in [6.45, 7) is 17.0. The van der Waals surface area contributed by atoms with E-state index < -0.39 is 0 Å². The Bertz CT molecular complexity index is 463. The predicted octanol–water partition coefficient (Wildman–Crippen LogP) is 4.10. The number of hydrogen-bond acceptors (Lipinski definition) is 3. The van der Waals surface area contributed by atoms with Gasteiger partial charge in [0.15, 0.2) is 6.79 Å². The number of esters is 1. The molecule has 0 N–H and O–H groups in total. The minimum Gasteiger partial charge on any atom is -0.435 e. The first-order chi connectivity index (χ1) is 9.70. The molecule has 2 rings (SSSR count). The minimum atomic E-state index is -0.314. The molecule has 2 aliphatic carbocycles. The van der Waals surface area contributed by atoms with E-state index in [1.807, 2.05) is 6.92 Å². The molecule has 3 atom stereocenters. The number of hydrogen-bond donors (Lipinski definition) is 0. The van der Waals surface area contributed by atoms with Crippen molar-refractivity contribution in [1.82, 2.24) is 0 Å². The zero-order valence-corrected chi connectivity index (χ0v) is 13.8. The first-order valence-corrected chi connectivity index (χ1v) is 7.78. The number of ether oxygens (including phenoxy) is 2. The van der Waals surface area contributed by atoms with Crippen LogP contribution in [0.25, 0.3) is 0 Å². The van der Waals surface area contributed by atoms with E-state index in [0.29, 0.717) is 18.1 Å². The van der Waals surface area contributed by atoms with Gasteiger partial charge in [0.1, 0.15) is 0 Å². The summed E-state index contributed by atoms with van der Waals surface area (Å²) in [7, 11) is 0. The average Bonchev–Trinajstić information content (AvgIpc) is 2.74. The maximum absolute atomic E-state index is 12.2. The van der Waals surface area contributed by atoms with E-state index in [4.69, 9.17) is 9.47 Å². The SMILES string of the molecule is C=C(C)COCOC(=O)C(=C)C1CC2CCC1(C)C2(C)C. The van der Waals surface area contributed by atoms with Crippen molar-refractivity contribution in [2.75, 3.05) is 13.4 Å². The van der Waals surface area contributed by atoms with Gasteiger partial charge in [-0.15, -0.1) is 0 Å². The highest BCUT2D eigenvalue weighted by molar-refractivity contribution is 5.88. The van der Waals surface area contributed by atoms with Crippen LogP contribution in [0.4, 0.5) is 0 Å². The first-order valence-electron chi connectivity index (χ1n) is 7.78. The van der Waals surface area contributed by atoms with Gasteiger partial charge < -0.3 is 9.47 Å². The summed E-state index contributed by atoms with van der Waals surface area (Å²) in [5.41, 5.74) is 1.96. The summed E-state index contributed by atoms with van der Waals surface area (Å²) in [5, 5.41) is 0. The van der Waals surface area contributed by atoms with E-state index in [0.717, 1.165) is 12.0 Å². The topological polar surface area (TPSA) is 35.5 Å². The molecule has 0 aliphatic heterocycles. The molecule has 2 fully saturated rings. The van der Waals surface area contributed by atoms with Gasteiger partial charge >= 0.3 is 5.97 Å². The Morgan fingerprint density at radius 3 is 2.43 bits per heavy atom. The highest BCUT2D eigenvalue weighted by Crippen LogP contribution is 2.69. The summed E-state index contributed by atoms with van der Waals surface area (Å²) in [6, 6.07) is 0. The molecule has 21 heavy (non-hydrogen) atoms. The largest absolute Gasteiger partial charge is 0.435 e.